The quantitative estimate of drug-likeness (QED) is 0.407. The van der Waals surface area contributed by atoms with Gasteiger partial charge in [0.05, 0.1) is 12.6 Å². The van der Waals surface area contributed by atoms with E-state index in [0.717, 1.165) is 29.5 Å². The second-order valence-corrected chi connectivity index (χ2v) is 6.20. The summed E-state index contributed by atoms with van der Waals surface area (Å²) < 4.78 is 0. The summed E-state index contributed by atoms with van der Waals surface area (Å²) in [7, 11) is 0. The van der Waals surface area contributed by atoms with E-state index < -0.39 is 24.4 Å². The fourth-order valence-corrected chi connectivity index (χ4v) is 3.08. The molecule has 0 bridgehead atoms. The Morgan fingerprint density at radius 1 is 1.00 bits per heavy atom. The number of aliphatic hydroxyl groups is 4. The Labute approximate surface area is 142 Å². The van der Waals surface area contributed by atoms with Gasteiger partial charge < -0.3 is 30.8 Å². The average molecular weight is 337 g/mol. The first-order valence-corrected chi connectivity index (χ1v) is 8.35. The summed E-state index contributed by atoms with van der Waals surface area (Å²) in [6, 6.07) is 3.26. The van der Waals surface area contributed by atoms with Gasteiger partial charge in [0, 0.05) is 6.54 Å². The Morgan fingerprint density at radius 2 is 1.58 bits per heavy atom. The summed E-state index contributed by atoms with van der Waals surface area (Å²) in [6.45, 7) is 4.01. The molecule has 6 N–H and O–H groups in total. The number of hydrogen-bond acceptors (Lipinski definition) is 6. The number of hydrogen-bond donors (Lipinski definition) is 6. The highest BCUT2D eigenvalue weighted by Gasteiger charge is 2.36. The Kier molecular flexibility index (Phi) is 6.37. The summed E-state index contributed by atoms with van der Waals surface area (Å²) >= 11 is 0. The maximum atomic E-state index is 10.1. The topological polar surface area (TPSA) is 113 Å². The third-order valence-corrected chi connectivity index (χ3v) is 4.63. The number of phenols is 1. The standard InChI is InChI=1S/C18H27NO5/c1-3-11-5-10(6-12(4-2)15(11)21)8-19-14-7-13(9-20)16(22)18(24)17(14)23/h5-7,14,16-24H,3-4,8-9H2,1-2H3/t14-,16+,17-,18?/m0/s1. The van der Waals surface area contributed by atoms with E-state index in [2.05, 4.69) is 5.32 Å². The number of rotatable bonds is 6. The second-order valence-electron chi connectivity index (χ2n) is 6.20. The monoisotopic (exact) mass is 337 g/mol. The van der Waals surface area contributed by atoms with Crippen LogP contribution < -0.4 is 5.32 Å². The molecule has 4 atom stereocenters. The van der Waals surface area contributed by atoms with E-state index in [4.69, 9.17) is 0 Å². The zero-order valence-electron chi connectivity index (χ0n) is 14.1. The third kappa shape index (κ3) is 3.79. The molecule has 0 heterocycles. The van der Waals surface area contributed by atoms with Crippen molar-refractivity contribution in [1.29, 1.82) is 0 Å². The molecule has 1 aliphatic rings. The Bertz CT molecular complexity index is 576. The van der Waals surface area contributed by atoms with Gasteiger partial charge in [0.1, 0.15) is 24.1 Å². The Morgan fingerprint density at radius 3 is 2.08 bits per heavy atom. The van der Waals surface area contributed by atoms with Crippen LogP contribution in [0.15, 0.2) is 23.8 Å². The molecule has 1 aromatic carbocycles. The molecule has 0 aliphatic heterocycles. The van der Waals surface area contributed by atoms with E-state index in [-0.39, 0.29) is 6.61 Å². The van der Waals surface area contributed by atoms with Crippen molar-refractivity contribution >= 4 is 0 Å². The Hall–Kier alpha value is -1.44. The van der Waals surface area contributed by atoms with Crippen LogP contribution in [0.25, 0.3) is 0 Å². The zero-order chi connectivity index (χ0) is 17.9. The molecule has 1 unspecified atom stereocenters. The van der Waals surface area contributed by atoms with Gasteiger partial charge in [-0.05, 0) is 35.1 Å². The van der Waals surface area contributed by atoms with Crippen LogP contribution in [0.5, 0.6) is 5.75 Å². The van der Waals surface area contributed by atoms with Gasteiger partial charge in [0.2, 0.25) is 0 Å². The van der Waals surface area contributed by atoms with Crippen molar-refractivity contribution in [3.8, 4) is 5.75 Å². The SMILES string of the molecule is CCc1cc(CN[C@H]2C=C(CO)[C@@H](O)C(O)[C@H]2O)cc(CC)c1O. The molecule has 24 heavy (non-hydrogen) atoms. The lowest BCUT2D eigenvalue weighted by molar-refractivity contribution is -0.0643. The van der Waals surface area contributed by atoms with Gasteiger partial charge in [-0.1, -0.05) is 32.1 Å². The van der Waals surface area contributed by atoms with E-state index in [1.165, 1.54) is 0 Å². The molecule has 0 saturated heterocycles. The summed E-state index contributed by atoms with van der Waals surface area (Å²) in [5.74, 6) is 0.336. The molecule has 6 nitrogen and oxygen atoms in total. The van der Waals surface area contributed by atoms with E-state index >= 15 is 0 Å². The van der Waals surface area contributed by atoms with E-state index in [0.29, 0.717) is 17.9 Å². The van der Waals surface area contributed by atoms with Gasteiger partial charge in [-0.3, -0.25) is 0 Å². The lowest BCUT2D eigenvalue weighted by atomic mass is 9.88. The largest absolute Gasteiger partial charge is 0.507 e. The lowest BCUT2D eigenvalue weighted by Crippen LogP contribution is -2.53. The minimum atomic E-state index is -1.34. The first-order valence-electron chi connectivity index (χ1n) is 8.35. The van der Waals surface area contributed by atoms with Gasteiger partial charge in [-0.15, -0.1) is 0 Å². The maximum Gasteiger partial charge on any atom is 0.121 e. The number of aliphatic hydroxyl groups excluding tert-OH is 4. The molecule has 0 amide bonds. The smallest absolute Gasteiger partial charge is 0.121 e. The lowest BCUT2D eigenvalue weighted by Gasteiger charge is -2.34. The van der Waals surface area contributed by atoms with Crippen molar-refractivity contribution in [1.82, 2.24) is 5.32 Å². The van der Waals surface area contributed by atoms with E-state index in [1.54, 1.807) is 6.08 Å². The molecular formula is C18H27NO5. The van der Waals surface area contributed by atoms with Crippen LogP contribution in [0.1, 0.15) is 30.5 Å². The van der Waals surface area contributed by atoms with Crippen molar-refractivity contribution in [3.63, 3.8) is 0 Å². The molecule has 0 saturated carbocycles. The van der Waals surface area contributed by atoms with Crippen LogP contribution in [0.2, 0.25) is 0 Å². The van der Waals surface area contributed by atoms with Gasteiger partial charge >= 0.3 is 0 Å². The molecule has 134 valence electrons. The molecule has 0 aromatic heterocycles. The molecule has 1 aliphatic carbocycles. The molecule has 0 radical (unpaired) electrons. The highest BCUT2D eigenvalue weighted by Crippen LogP contribution is 2.26. The molecule has 0 spiro atoms. The first-order chi connectivity index (χ1) is 11.4. The first kappa shape index (κ1) is 18.9. The van der Waals surface area contributed by atoms with Gasteiger partial charge in [0.25, 0.3) is 0 Å². The molecule has 2 rings (SSSR count). The highest BCUT2D eigenvalue weighted by molar-refractivity contribution is 5.44. The molecule has 1 aromatic rings. The fraction of sp³-hybridized carbons (Fsp3) is 0.556. The van der Waals surface area contributed by atoms with Crippen LogP contribution in [0, 0.1) is 0 Å². The molecule has 0 fully saturated rings. The number of phenolic OH excluding ortho intramolecular Hbond substituents is 1. The number of nitrogens with one attached hydrogen (secondary N) is 1. The summed E-state index contributed by atoms with van der Waals surface area (Å²) in [5.41, 5.74) is 3.00. The normalized spacial score (nSPS) is 27.2. The van der Waals surface area contributed by atoms with E-state index in [1.807, 2.05) is 26.0 Å². The zero-order valence-corrected chi connectivity index (χ0v) is 14.1. The van der Waals surface area contributed by atoms with Crippen LogP contribution >= 0.6 is 0 Å². The van der Waals surface area contributed by atoms with Crippen LogP contribution in [0.4, 0.5) is 0 Å². The van der Waals surface area contributed by atoms with Gasteiger partial charge in [-0.25, -0.2) is 0 Å². The van der Waals surface area contributed by atoms with Crippen molar-refractivity contribution in [2.75, 3.05) is 6.61 Å². The van der Waals surface area contributed by atoms with Crippen molar-refractivity contribution in [2.45, 2.75) is 57.6 Å². The summed E-state index contributed by atoms with van der Waals surface area (Å²) in [4.78, 5) is 0. The van der Waals surface area contributed by atoms with Crippen LogP contribution in [-0.2, 0) is 19.4 Å². The second kappa shape index (κ2) is 8.09. The van der Waals surface area contributed by atoms with Gasteiger partial charge in [-0.2, -0.15) is 0 Å². The number of benzene rings is 1. The summed E-state index contributed by atoms with van der Waals surface area (Å²) in [5, 5.41) is 52.3. The van der Waals surface area contributed by atoms with Crippen LogP contribution in [-0.4, -0.2) is 56.5 Å². The number of aryl methyl sites for hydroxylation is 2. The average Bonchev–Trinajstić information content (AvgIpc) is 2.60. The van der Waals surface area contributed by atoms with E-state index in [9.17, 15) is 25.5 Å². The fourth-order valence-electron chi connectivity index (χ4n) is 3.08. The maximum absolute atomic E-state index is 10.1. The molecule has 6 heteroatoms. The predicted octanol–water partition coefficient (Wildman–Crippen LogP) is -0.00980. The van der Waals surface area contributed by atoms with Crippen molar-refractivity contribution < 1.29 is 25.5 Å². The minimum absolute atomic E-state index is 0.291. The van der Waals surface area contributed by atoms with Crippen molar-refractivity contribution in [2.24, 2.45) is 0 Å². The van der Waals surface area contributed by atoms with Gasteiger partial charge in [0.15, 0.2) is 0 Å². The number of aromatic hydroxyl groups is 1. The van der Waals surface area contributed by atoms with Crippen LogP contribution in [0.3, 0.4) is 0 Å². The molecular weight excluding hydrogens is 310 g/mol. The van der Waals surface area contributed by atoms with Crippen molar-refractivity contribution in [3.05, 3.63) is 40.5 Å². The predicted molar refractivity (Wildman–Crippen MR) is 90.7 cm³/mol. The summed E-state index contributed by atoms with van der Waals surface area (Å²) in [6.07, 6.45) is -0.758. The third-order valence-electron chi connectivity index (χ3n) is 4.63. The highest BCUT2D eigenvalue weighted by atomic mass is 16.4. The minimum Gasteiger partial charge on any atom is -0.507 e. The Balaban J connectivity index is 2.17.